The number of nitrogens with zero attached hydrogens (tertiary/aromatic N) is 1. The number of rotatable bonds is 6. The van der Waals surface area contributed by atoms with Crippen LogP contribution in [0, 0.1) is 6.92 Å². The van der Waals surface area contributed by atoms with E-state index in [1.807, 2.05) is 19.1 Å². The Balaban J connectivity index is 2.14. The zero-order chi connectivity index (χ0) is 15.2. The standard InChI is InChI=1S/C15H16FNO3S/c1-10-5-13(19-11(2)9-18)7-14(6-10)20-12-3-4-15(21-16)17-8-12/h3-8,11,18H,9H2,1-2H3. The number of aliphatic hydroxyl groups is 1. The van der Waals surface area contributed by atoms with E-state index < -0.39 is 0 Å². The molecule has 0 aliphatic rings. The topological polar surface area (TPSA) is 51.6 Å². The fourth-order valence-corrected chi connectivity index (χ4v) is 1.93. The average Bonchev–Trinajstić information content (AvgIpc) is 2.47. The molecule has 2 aromatic rings. The Morgan fingerprint density at radius 1 is 1.24 bits per heavy atom. The smallest absolute Gasteiger partial charge is 0.145 e. The molecule has 0 fully saturated rings. The van der Waals surface area contributed by atoms with Crippen molar-refractivity contribution in [1.29, 1.82) is 0 Å². The number of benzene rings is 1. The van der Waals surface area contributed by atoms with Gasteiger partial charge in [-0.25, -0.2) is 4.98 Å². The Bertz CT molecular complexity index is 592. The highest BCUT2D eigenvalue weighted by molar-refractivity contribution is 7.94. The van der Waals surface area contributed by atoms with Crippen molar-refractivity contribution in [3.63, 3.8) is 0 Å². The van der Waals surface area contributed by atoms with E-state index in [2.05, 4.69) is 4.98 Å². The van der Waals surface area contributed by atoms with Crippen molar-refractivity contribution in [2.24, 2.45) is 0 Å². The fraction of sp³-hybridized carbons (Fsp3) is 0.267. The van der Waals surface area contributed by atoms with Gasteiger partial charge in [0, 0.05) is 6.07 Å². The second-order valence-corrected chi connectivity index (χ2v) is 5.18. The van der Waals surface area contributed by atoms with Crippen LogP contribution in [0.1, 0.15) is 12.5 Å². The third-order valence-electron chi connectivity index (χ3n) is 2.64. The van der Waals surface area contributed by atoms with Crippen molar-refractivity contribution in [1.82, 2.24) is 4.98 Å². The second kappa shape index (κ2) is 7.28. The highest BCUT2D eigenvalue weighted by Gasteiger charge is 2.06. The van der Waals surface area contributed by atoms with Crippen LogP contribution >= 0.6 is 12.1 Å². The Morgan fingerprint density at radius 2 is 2.00 bits per heavy atom. The number of aryl methyl sites for hydroxylation is 1. The van der Waals surface area contributed by atoms with E-state index in [0.29, 0.717) is 17.2 Å². The van der Waals surface area contributed by atoms with E-state index in [-0.39, 0.29) is 29.9 Å². The summed E-state index contributed by atoms with van der Waals surface area (Å²) in [4.78, 5) is 3.90. The van der Waals surface area contributed by atoms with Gasteiger partial charge < -0.3 is 14.6 Å². The molecule has 1 atom stereocenters. The molecule has 0 saturated carbocycles. The molecule has 0 amide bonds. The first-order valence-corrected chi connectivity index (χ1v) is 7.14. The number of hydrogen-bond donors (Lipinski definition) is 1. The SMILES string of the molecule is Cc1cc(Oc2ccc(SF)nc2)cc(OC(C)CO)c1. The Kier molecular flexibility index (Phi) is 5.41. The predicted molar refractivity (Wildman–Crippen MR) is 79.6 cm³/mol. The van der Waals surface area contributed by atoms with Gasteiger partial charge >= 0.3 is 0 Å². The van der Waals surface area contributed by atoms with Crippen LogP contribution in [0.3, 0.4) is 0 Å². The van der Waals surface area contributed by atoms with Gasteiger partial charge in [-0.1, -0.05) is 0 Å². The summed E-state index contributed by atoms with van der Waals surface area (Å²) in [6.07, 6.45) is 1.17. The van der Waals surface area contributed by atoms with Gasteiger partial charge in [0.1, 0.15) is 40.5 Å². The first-order valence-electron chi connectivity index (χ1n) is 6.42. The lowest BCUT2D eigenvalue weighted by molar-refractivity contribution is 0.129. The van der Waals surface area contributed by atoms with Gasteiger partial charge in [-0.2, -0.15) is 3.89 Å². The summed E-state index contributed by atoms with van der Waals surface area (Å²) in [5.41, 5.74) is 0.969. The zero-order valence-electron chi connectivity index (χ0n) is 11.7. The van der Waals surface area contributed by atoms with Gasteiger partial charge in [-0.05, 0) is 43.7 Å². The molecule has 0 radical (unpaired) electrons. The molecule has 0 bridgehead atoms. The zero-order valence-corrected chi connectivity index (χ0v) is 12.6. The highest BCUT2D eigenvalue weighted by atomic mass is 32.2. The normalized spacial score (nSPS) is 12.0. The van der Waals surface area contributed by atoms with Crippen molar-refractivity contribution in [3.8, 4) is 17.2 Å². The summed E-state index contributed by atoms with van der Waals surface area (Å²) in [6, 6.07) is 8.64. The lowest BCUT2D eigenvalue weighted by Gasteiger charge is -2.14. The molecule has 4 nitrogen and oxygen atoms in total. The Morgan fingerprint density at radius 3 is 2.62 bits per heavy atom. The summed E-state index contributed by atoms with van der Waals surface area (Å²) in [5, 5.41) is 9.31. The predicted octanol–water partition coefficient (Wildman–Crippen LogP) is 3.92. The summed E-state index contributed by atoms with van der Waals surface area (Å²) < 4.78 is 23.6. The third-order valence-corrected chi connectivity index (χ3v) is 3.04. The molecule has 1 unspecified atom stereocenters. The van der Waals surface area contributed by atoms with E-state index >= 15 is 0 Å². The largest absolute Gasteiger partial charge is 0.488 e. The molecule has 0 spiro atoms. The summed E-state index contributed by atoms with van der Waals surface area (Å²) >= 11 is 0.0877. The molecule has 6 heteroatoms. The molecule has 1 aromatic heterocycles. The van der Waals surface area contributed by atoms with Crippen LogP contribution in [0.5, 0.6) is 17.2 Å². The number of ether oxygens (including phenoxy) is 2. The van der Waals surface area contributed by atoms with Crippen LogP contribution in [-0.2, 0) is 0 Å². The van der Waals surface area contributed by atoms with Crippen molar-refractivity contribution in [2.45, 2.75) is 25.0 Å². The fourth-order valence-electron chi connectivity index (χ4n) is 1.72. The van der Waals surface area contributed by atoms with Crippen molar-refractivity contribution in [2.75, 3.05) is 6.61 Å². The molecule has 112 valence electrons. The van der Waals surface area contributed by atoms with E-state index in [1.54, 1.807) is 25.1 Å². The van der Waals surface area contributed by atoms with Gasteiger partial charge in [-0.3, -0.25) is 0 Å². The summed E-state index contributed by atoms with van der Waals surface area (Å²) in [7, 11) is 0. The summed E-state index contributed by atoms with van der Waals surface area (Å²) in [5.74, 6) is 1.73. The van der Waals surface area contributed by atoms with Gasteiger partial charge in [0.25, 0.3) is 0 Å². The molecule has 0 saturated heterocycles. The van der Waals surface area contributed by atoms with Crippen molar-refractivity contribution < 1.29 is 18.5 Å². The van der Waals surface area contributed by atoms with E-state index in [1.165, 1.54) is 6.20 Å². The Hall–Kier alpha value is -1.79. The van der Waals surface area contributed by atoms with Crippen molar-refractivity contribution in [3.05, 3.63) is 42.1 Å². The maximum Gasteiger partial charge on any atom is 0.145 e. The molecule has 1 heterocycles. The second-order valence-electron chi connectivity index (χ2n) is 4.60. The van der Waals surface area contributed by atoms with Crippen LogP contribution in [0.4, 0.5) is 3.89 Å². The molecule has 2 rings (SSSR count). The molecule has 21 heavy (non-hydrogen) atoms. The average molecular weight is 309 g/mol. The number of hydrogen-bond acceptors (Lipinski definition) is 5. The lowest BCUT2D eigenvalue weighted by atomic mass is 10.2. The third kappa shape index (κ3) is 4.61. The minimum absolute atomic E-state index is 0.0591. The van der Waals surface area contributed by atoms with E-state index in [9.17, 15) is 3.89 Å². The maximum atomic E-state index is 12.3. The molecule has 0 aliphatic heterocycles. The maximum absolute atomic E-state index is 12.3. The first-order chi connectivity index (χ1) is 10.1. The van der Waals surface area contributed by atoms with Crippen LogP contribution < -0.4 is 9.47 Å². The van der Waals surface area contributed by atoms with E-state index in [4.69, 9.17) is 14.6 Å². The minimum atomic E-state index is -0.290. The lowest BCUT2D eigenvalue weighted by Crippen LogP contribution is -2.16. The van der Waals surface area contributed by atoms with Crippen molar-refractivity contribution >= 4 is 12.1 Å². The minimum Gasteiger partial charge on any atom is -0.488 e. The highest BCUT2D eigenvalue weighted by Crippen LogP contribution is 2.28. The number of aromatic nitrogens is 1. The van der Waals surface area contributed by atoms with Crippen LogP contribution in [0.2, 0.25) is 0 Å². The number of aliphatic hydroxyl groups excluding tert-OH is 1. The van der Waals surface area contributed by atoms with Gasteiger partial charge in [0.2, 0.25) is 0 Å². The van der Waals surface area contributed by atoms with Crippen LogP contribution in [0.25, 0.3) is 0 Å². The van der Waals surface area contributed by atoms with Gasteiger partial charge in [0.05, 0.1) is 12.8 Å². The Labute approximate surface area is 127 Å². The monoisotopic (exact) mass is 309 g/mol. The molecular formula is C15H16FNO3S. The molecule has 0 aliphatic carbocycles. The molecule has 1 aromatic carbocycles. The van der Waals surface area contributed by atoms with Gasteiger partial charge in [0.15, 0.2) is 0 Å². The van der Waals surface area contributed by atoms with Crippen LogP contribution in [-0.4, -0.2) is 22.8 Å². The number of pyridine rings is 1. The van der Waals surface area contributed by atoms with E-state index in [0.717, 1.165) is 5.56 Å². The van der Waals surface area contributed by atoms with Crippen LogP contribution in [0.15, 0.2) is 41.6 Å². The molecular weight excluding hydrogens is 293 g/mol. The number of halogens is 1. The quantitative estimate of drug-likeness (QED) is 0.876. The molecule has 1 N–H and O–H groups in total. The summed E-state index contributed by atoms with van der Waals surface area (Å²) in [6.45, 7) is 3.64. The first kappa shape index (κ1) is 15.6. The van der Waals surface area contributed by atoms with Gasteiger partial charge in [-0.15, -0.1) is 0 Å².